The lowest BCUT2D eigenvalue weighted by atomic mass is 9.99. The van der Waals surface area contributed by atoms with Gasteiger partial charge in [-0.15, -0.1) is 11.6 Å². The Morgan fingerprint density at radius 2 is 2.50 bits per heavy atom. The van der Waals surface area contributed by atoms with Crippen LogP contribution in [0.25, 0.3) is 0 Å². The van der Waals surface area contributed by atoms with Crippen LogP contribution in [0.4, 0.5) is 0 Å². The maximum Gasteiger partial charge on any atom is 0.276 e. The molecule has 0 radical (unpaired) electrons. The van der Waals surface area contributed by atoms with Gasteiger partial charge in [0.25, 0.3) is 5.91 Å². The maximum absolute atomic E-state index is 12.1. The van der Waals surface area contributed by atoms with Gasteiger partial charge in [-0.05, 0) is 25.7 Å². The number of nitrogens with one attached hydrogen (secondary N) is 1. The first-order chi connectivity index (χ1) is 7.83. The van der Waals surface area contributed by atoms with Crippen molar-refractivity contribution >= 4 is 17.5 Å². The van der Waals surface area contributed by atoms with Crippen molar-refractivity contribution in [3.05, 3.63) is 11.9 Å². The summed E-state index contributed by atoms with van der Waals surface area (Å²) < 4.78 is 0. The summed E-state index contributed by atoms with van der Waals surface area (Å²) >= 11 is 5.76. The fourth-order valence-corrected chi connectivity index (χ4v) is 2.40. The van der Waals surface area contributed by atoms with Gasteiger partial charge in [-0.3, -0.25) is 4.79 Å². The Kier molecular flexibility index (Phi) is 3.77. The predicted octanol–water partition coefficient (Wildman–Crippen LogP) is 1.43. The Balaban J connectivity index is 2.08. The number of carbonyl (C=O) groups is 1. The number of carbonyl (C=O) groups excluding carboxylic acids is 1. The largest absolute Gasteiger partial charge is 0.334 e. The van der Waals surface area contributed by atoms with Crippen LogP contribution >= 0.6 is 11.6 Å². The van der Waals surface area contributed by atoms with Crippen LogP contribution in [0, 0.1) is 0 Å². The third-order valence-electron chi connectivity index (χ3n) is 2.96. The molecule has 1 aromatic heterocycles. The number of aromatic nitrogens is 3. The van der Waals surface area contributed by atoms with Gasteiger partial charge in [-0.25, -0.2) is 0 Å². The zero-order chi connectivity index (χ0) is 11.4. The average molecular weight is 243 g/mol. The zero-order valence-corrected chi connectivity index (χ0v) is 9.78. The lowest BCUT2D eigenvalue weighted by Gasteiger charge is -2.35. The van der Waals surface area contributed by atoms with Crippen molar-refractivity contribution in [2.75, 3.05) is 12.4 Å². The van der Waals surface area contributed by atoms with Gasteiger partial charge in [-0.1, -0.05) is 0 Å². The topological polar surface area (TPSA) is 61.9 Å². The molecular weight excluding hydrogens is 228 g/mol. The van der Waals surface area contributed by atoms with E-state index in [2.05, 4.69) is 15.4 Å². The molecule has 6 heteroatoms. The zero-order valence-electron chi connectivity index (χ0n) is 9.03. The number of hydrogen-bond acceptors (Lipinski definition) is 3. The minimum absolute atomic E-state index is 0.0384. The molecule has 0 saturated carbocycles. The number of hydrogen-bond donors (Lipinski definition) is 1. The molecule has 1 saturated heterocycles. The van der Waals surface area contributed by atoms with Crippen LogP contribution in [0.5, 0.6) is 0 Å². The molecule has 88 valence electrons. The maximum atomic E-state index is 12.1. The molecule has 1 fully saturated rings. The first-order valence-corrected chi connectivity index (χ1v) is 6.09. The van der Waals surface area contributed by atoms with Crippen LogP contribution < -0.4 is 0 Å². The van der Waals surface area contributed by atoms with Crippen LogP contribution in [0.15, 0.2) is 6.20 Å². The van der Waals surface area contributed by atoms with Crippen molar-refractivity contribution in [3.63, 3.8) is 0 Å². The van der Waals surface area contributed by atoms with Gasteiger partial charge in [-0.2, -0.15) is 15.4 Å². The number of likely N-dealkylation sites (tertiary alicyclic amines) is 1. The van der Waals surface area contributed by atoms with Crippen LogP contribution in [-0.4, -0.2) is 44.7 Å². The standard InChI is InChI=1S/C10H15ClN4O/c11-5-4-8-3-1-2-6-15(8)10(16)9-7-12-14-13-9/h7-8H,1-6H2,(H,12,13,14). The lowest BCUT2D eigenvalue weighted by Crippen LogP contribution is -2.44. The second-order valence-electron chi connectivity index (χ2n) is 3.98. The molecule has 5 nitrogen and oxygen atoms in total. The molecule has 1 N–H and O–H groups in total. The Bertz CT molecular complexity index is 339. The van der Waals surface area contributed by atoms with Crippen molar-refractivity contribution in [1.82, 2.24) is 20.3 Å². The molecule has 2 heterocycles. The summed E-state index contributed by atoms with van der Waals surface area (Å²) in [7, 11) is 0. The number of nitrogens with zero attached hydrogens (tertiary/aromatic N) is 3. The molecule has 0 spiro atoms. The molecule has 1 aliphatic heterocycles. The molecule has 1 atom stereocenters. The SMILES string of the molecule is O=C(c1cn[nH]n1)N1CCCCC1CCCl. The van der Waals surface area contributed by atoms with Gasteiger partial charge in [0.15, 0.2) is 5.69 Å². The molecule has 0 aromatic carbocycles. The van der Waals surface area contributed by atoms with Crippen molar-refractivity contribution < 1.29 is 4.79 Å². The Morgan fingerprint density at radius 1 is 1.62 bits per heavy atom. The number of H-pyrrole nitrogens is 1. The number of halogens is 1. The smallest absolute Gasteiger partial charge is 0.276 e. The highest BCUT2D eigenvalue weighted by Crippen LogP contribution is 2.21. The summed E-state index contributed by atoms with van der Waals surface area (Å²) in [5.41, 5.74) is 0.390. The summed E-state index contributed by atoms with van der Waals surface area (Å²) in [5, 5.41) is 9.95. The minimum Gasteiger partial charge on any atom is -0.334 e. The number of rotatable bonds is 3. The van der Waals surface area contributed by atoms with E-state index in [1.54, 1.807) is 0 Å². The lowest BCUT2D eigenvalue weighted by molar-refractivity contribution is 0.0603. The molecule has 16 heavy (non-hydrogen) atoms. The minimum atomic E-state index is -0.0384. The summed E-state index contributed by atoms with van der Waals surface area (Å²) in [6.07, 6.45) is 5.59. The molecule has 1 aliphatic rings. The van der Waals surface area contributed by atoms with Gasteiger partial charge >= 0.3 is 0 Å². The van der Waals surface area contributed by atoms with Gasteiger partial charge in [0.05, 0.1) is 6.20 Å². The normalized spacial score (nSPS) is 21.1. The van der Waals surface area contributed by atoms with Gasteiger partial charge in [0.2, 0.25) is 0 Å². The molecule has 0 aliphatic carbocycles. The fourth-order valence-electron chi connectivity index (χ4n) is 2.15. The monoisotopic (exact) mass is 242 g/mol. The van der Waals surface area contributed by atoms with Gasteiger partial charge in [0.1, 0.15) is 0 Å². The van der Waals surface area contributed by atoms with E-state index in [9.17, 15) is 4.79 Å². The highest BCUT2D eigenvalue weighted by molar-refractivity contribution is 6.17. The summed E-state index contributed by atoms with van der Waals surface area (Å²) in [4.78, 5) is 14.0. The van der Waals surface area contributed by atoms with E-state index in [-0.39, 0.29) is 11.9 Å². The summed E-state index contributed by atoms with van der Waals surface area (Å²) in [6.45, 7) is 0.799. The highest BCUT2D eigenvalue weighted by Gasteiger charge is 2.28. The molecule has 1 unspecified atom stereocenters. The number of amides is 1. The fraction of sp³-hybridized carbons (Fsp3) is 0.700. The van der Waals surface area contributed by atoms with Crippen LogP contribution in [-0.2, 0) is 0 Å². The van der Waals surface area contributed by atoms with E-state index in [0.29, 0.717) is 11.6 Å². The van der Waals surface area contributed by atoms with E-state index >= 15 is 0 Å². The average Bonchev–Trinajstić information content (AvgIpc) is 2.83. The van der Waals surface area contributed by atoms with Gasteiger partial charge in [0, 0.05) is 18.5 Å². The van der Waals surface area contributed by atoms with E-state index in [4.69, 9.17) is 11.6 Å². The quantitative estimate of drug-likeness (QED) is 0.816. The van der Waals surface area contributed by atoms with Crippen molar-refractivity contribution in [1.29, 1.82) is 0 Å². The van der Waals surface area contributed by atoms with E-state index in [1.807, 2.05) is 4.90 Å². The van der Waals surface area contributed by atoms with Crippen LogP contribution in [0.3, 0.4) is 0 Å². The number of aromatic amines is 1. The van der Waals surface area contributed by atoms with Crippen molar-refractivity contribution in [3.8, 4) is 0 Å². The van der Waals surface area contributed by atoms with Crippen LogP contribution in [0.1, 0.15) is 36.2 Å². The van der Waals surface area contributed by atoms with Crippen molar-refractivity contribution in [2.24, 2.45) is 0 Å². The van der Waals surface area contributed by atoms with E-state index in [0.717, 1.165) is 25.8 Å². The van der Waals surface area contributed by atoms with Crippen LogP contribution in [0.2, 0.25) is 0 Å². The Morgan fingerprint density at radius 3 is 3.19 bits per heavy atom. The van der Waals surface area contributed by atoms with Gasteiger partial charge < -0.3 is 4.90 Å². The first kappa shape index (κ1) is 11.4. The summed E-state index contributed by atoms with van der Waals surface area (Å²) in [6, 6.07) is 0.260. The molecule has 1 amide bonds. The molecule has 0 bridgehead atoms. The second kappa shape index (κ2) is 5.30. The summed E-state index contributed by atoms with van der Waals surface area (Å²) in [5.74, 6) is 0.552. The highest BCUT2D eigenvalue weighted by atomic mass is 35.5. The third kappa shape index (κ3) is 2.35. The van der Waals surface area contributed by atoms with E-state index in [1.165, 1.54) is 12.6 Å². The number of alkyl halides is 1. The van der Waals surface area contributed by atoms with E-state index < -0.39 is 0 Å². The third-order valence-corrected chi connectivity index (χ3v) is 3.18. The number of piperidine rings is 1. The first-order valence-electron chi connectivity index (χ1n) is 5.55. The molecular formula is C10H15ClN4O. The molecule has 2 rings (SSSR count). The second-order valence-corrected chi connectivity index (χ2v) is 4.36. The Hall–Kier alpha value is -1.10. The predicted molar refractivity (Wildman–Crippen MR) is 60.4 cm³/mol. The van der Waals surface area contributed by atoms with Crippen molar-refractivity contribution in [2.45, 2.75) is 31.7 Å². The molecule has 1 aromatic rings. The Labute approximate surface area is 99.2 Å².